The Hall–Kier alpha value is -3.24. The number of rotatable bonds is 7. The minimum Gasteiger partial charge on any atom is -0.394 e. The van der Waals surface area contributed by atoms with Crippen LogP contribution in [0.5, 0.6) is 0 Å². The van der Waals surface area contributed by atoms with E-state index in [1.165, 1.54) is 5.56 Å². The maximum atomic E-state index is 12.1. The number of anilines is 2. The minimum absolute atomic E-state index is 0.0123. The predicted octanol–water partition coefficient (Wildman–Crippen LogP) is 2.36. The lowest BCUT2D eigenvalue weighted by Crippen LogP contribution is -2.41. The number of hydrogen-bond donors (Lipinski definition) is 3. The number of nitrogens with zero attached hydrogens (tertiary/aromatic N) is 4. The number of aliphatic hydroxyl groups is 1. The van der Waals surface area contributed by atoms with Crippen molar-refractivity contribution in [3.63, 3.8) is 0 Å². The zero-order valence-electron chi connectivity index (χ0n) is 19.5. The first-order valence-corrected chi connectivity index (χ1v) is 13.2. The zero-order valence-corrected chi connectivity index (χ0v) is 20.3. The molecule has 0 saturated carbocycles. The lowest BCUT2D eigenvalue weighted by atomic mass is 10.0. The third-order valence-electron chi connectivity index (χ3n) is 6.00. The van der Waals surface area contributed by atoms with Crippen LogP contribution in [0, 0.1) is 6.92 Å². The maximum absolute atomic E-state index is 12.1. The van der Waals surface area contributed by atoms with Crippen LogP contribution in [0.25, 0.3) is 0 Å². The Balaban J connectivity index is 1.65. The zero-order chi connectivity index (χ0) is 24.3. The summed E-state index contributed by atoms with van der Waals surface area (Å²) in [5.41, 5.74) is 10.7. The Bertz CT molecular complexity index is 1250. The quantitative estimate of drug-likeness (QED) is 0.522. The van der Waals surface area contributed by atoms with Gasteiger partial charge in [-0.2, -0.15) is 0 Å². The van der Waals surface area contributed by atoms with Gasteiger partial charge in [0.2, 0.25) is 10.0 Å². The highest BCUT2D eigenvalue weighted by Gasteiger charge is 2.25. The van der Waals surface area contributed by atoms with Crippen molar-refractivity contribution in [1.82, 2.24) is 0 Å². The standard InChI is InChI=1S/C24H30N6O3S/c1-17-6-8-18(9-7-17)15-30-24(25)23(14-26-30)27-21-11-10-19(13-22(21)28-34(2,32)33)29-12-4-3-5-20(29)16-31/h6-11,13-14,20,31H,3-5,12,15-16H2,1-2H3,(H2,25,26,28)/p+1. The highest BCUT2D eigenvalue weighted by molar-refractivity contribution is 7.92. The van der Waals surface area contributed by atoms with Crippen LogP contribution < -0.4 is 15.4 Å². The number of sulfonamides is 1. The third kappa shape index (κ3) is 5.63. The average molecular weight is 484 g/mol. The number of nitrogens with two attached hydrogens (primary N) is 1. The minimum atomic E-state index is -3.54. The van der Waals surface area contributed by atoms with Gasteiger partial charge in [-0.15, -0.1) is 4.68 Å². The number of amidine groups is 1. The van der Waals surface area contributed by atoms with E-state index in [0.29, 0.717) is 29.5 Å². The van der Waals surface area contributed by atoms with Crippen molar-refractivity contribution in [2.75, 3.05) is 29.0 Å². The molecular weight excluding hydrogens is 452 g/mol. The molecule has 0 aliphatic carbocycles. The lowest BCUT2D eigenvalue weighted by molar-refractivity contribution is -0.546. The first kappa shape index (κ1) is 23.9. The summed E-state index contributed by atoms with van der Waals surface area (Å²) in [7, 11) is -3.54. The molecule has 1 atom stereocenters. The number of aliphatic imine (C=N–C) groups is 1. The highest BCUT2D eigenvalue weighted by atomic mass is 32.2. The number of piperidine rings is 1. The first-order valence-electron chi connectivity index (χ1n) is 11.3. The Morgan fingerprint density at radius 2 is 2.00 bits per heavy atom. The Morgan fingerprint density at radius 3 is 2.71 bits per heavy atom. The molecule has 0 radical (unpaired) electrons. The summed E-state index contributed by atoms with van der Waals surface area (Å²) in [4.78, 5) is 6.74. The van der Waals surface area contributed by atoms with Crippen LogP contribution >= 0.6 is 0 Å². The molecule has 2 heterocycles. The lowest BCUT2D eigenvalue weighted by Gasteiger charge is -2.36. The second-order valence-corrected chi connectivity index (χ2v) is 10.5. The molecule has 1 unspecified atom stereocenters. The Morgan fingerprint density at radius 1 is 1.24 bits per heavy atom. The van der Waals surface area contributed by atoms with Gasteiger partial charge in [-0.1, -0.05) is 34.9 Å². The van der Waals surface area contributed by atoms with Crippen molar-refractivity contribution in [3.8, 4) is 0 Å². The number of nitrogens with one attached hydrogen (secondary N) is 1. The van der Waals surface area contributed by atoms with E-state index < -0.39 is 10.0 Å². The van der Waals surface area contributed by atoms with Gasteiger partial charge in [0.1, 0.15) is 12.8 Å². The van der Waals surface area contributed by atoms with Crippen molar-refractivity contribution in [1.29, 1.82) is 0 Å². The van der Waals surface area contributed by atoms with E-state index in [9.17, 15) is 13.5 Å². The Labute approximate surface area is 200 Å². The second-order valence-electron chi connectivity index (χ2n) is 8.77. The summed E-state index contributed by atoms with van der Waals surface area (Å²) in [5.74, 6) is 0.395. The number of aryl methyl sites for hydroxylation is 1. The molecule has 180 valence electrons. The number of hydrogen-bond acceptors (Lipinski definition) is 7. The summed E-state index contributed by atoms with van der Waals surface area (Å²) in [6.45, 7) is 3.40. The van der Waals surface area contributed by atoms with E-state index >= 15 is 0 Å². The topological polar surface area (TPSA) is 123 Å². The van der Waals surface area contributed by atoms with Crippen LogP contribution in [-0.4, -0.2) is 61.4 Å². The van der Waals surface area contributed by atoms with Gasteiger partial charge < -0.3 is 10.0 Å². The normalized spacial score (nSPS) is 19.8. The summed E-state index contributed by atoms with van der Waals surface area (Å²) >= 11 is 0. The molecule has 4 N–H and O–H groups in total. The van der Waals surface area contributed by atoms with Crippen molar-refractivity contribution >= 4 is 44.8 Å². The van der Waals surface area contributed by atoms with Crippen LogP contribution in [0.15, 0.2) is 52.6 Å². The van der Waals surface area contributed by atoms with E-state index in [-0.39, 0.29) is 12.6 Å². The fraction of sp³-hybridized carbons (Fsp3) is 0.375. The molecule has 0 spiro atoms. The molecule has 0 aromatic heterocycles. The van der Waals surface area contributed by atoms with Crippen molar-refractivity contribution in [2.24, 2.45) is 15.8 Å². The van der Waals surface area contributed by atoms with Crippen molar-refractivity contribution in [3.05, 3.63) is 53.6 Å². The van der Waals surface area contributed by atoms with Crippen LogP contribution in [0.1, 0.15) is 30.4 Å². The maximum Gasteiger partial charge on any atom is 0.321 e. The van der Waals surface area contributed by atoms with Gasteiger partial charge in [-0.05, 0) is 49.9 Å². The third-order valence-corrected chi connectivity index (χ3v) is 6.59. The van der Waals surface area contributed by atoms with Gasteiger partial charge in [-0.3, -0.25) is 10.5 Å². The van der Waals surface area contributed by atoms with E-state index in [2.05, 4.69) is 19.7 Å². The van der Waals surface area contributed by atoms with Gasteiger partial charge in [0.25, 0.3) is 0 Å². The van der Waals surface area contributed by atoms with Gasteiger partial charge in [0.15, 0.2) is 5.71 Å². The molecule has 2 aromatic carbocycles. The molecule has 1 saturated heterocycles. The van der Waals surface area contributed by atoms with Crippen LogP contribution in [0.2, 0.25) is 0 Å². The summed E-state index contributed by atoms with van der Waals surface area (Å²) in [5, 5.41) is 14.2. The van der Waals surface area contributed by atoms with Crippen LogP contribution in [0.4, 0.5) is 17.1 Å². The molecule has 2 aliphatic rings. The molecule has 0 amide bonds. The molecular formula is C24H31N6O3S+. The number of hydrazone groups is 1. The van der Waals surface area contributed by atoms with Crippen molar-refractivity contribution < 1.29 is 18.2 Å². The molecule has 2 aliphatic heterocycles. The van der Waals surface area contributed by atoms with Crippen LogP contribution in [-0.2, 0) is 16.6 Å². The van der Waals surface area contributed by atoms with Gasteiger partial charge >= 0.3 is 5.84 Å². The Kier molecular flexibility index (Phi) is 6.99. The molecule has 2 aromatic rings. The molecule has 34 heavy (non-hydrogen) atoms. The fourth-order valence-corrected chi connectivity index (χ4v) is 4.77. The predicted molar refractivity (Wildman–Crippen MR) is 137 cm³/mol. The molecule has 1 fully saturated rings. The molecule has 0 bridgehead atoms. The number of aliphatic hydroxyl groups excluding tert-OH is 1. The summed E-state index contributed by atoms with van der Waals surface area (Å²) in [6, 6.07) is 13.6. The molecule has 9 nitrogen and oxygen atoms in total. The number of benzene rings is 2. The summed E-state index contributed by atoms with van der Waals surface area (Å²) < 4.78 is 28.4. The van der Waals surface area contributed by atoms with Gasteiger partial charge in [-0.25, -0.2) is 13.4 Å². The highest BCUT2D eigenvalue weighted by Crippen LogP contribution is 2.34. The van der Waals surface area contributed by atoms with E-state index in [0.717, 1.165) is 43.3 Å². The van der Waals surface area contributed by atoms with Gasteiger partial charge in [0, 0.05) is 12.2 Å². The SMILES string of the molecule is Cc1ccc(C[N+]2=C(N)C(=Nc3ccc(N4CCCCC4CO)cc3NS(C)(=O)=O)C=N2)cc1. The fourth-order valence-electron chi connectivity index (χ4n) is 4.21. The molecule has 10 heteroatoms. The van der Waals surface area contributed by atoms with E-state index in [1.807, 2.05) is 37.3 Å². The smallest absolute Gasteiger partial charge is 0.321 e. The summed E-state index contributed by atoms with van der Waals surface area (Å²) in [6.07, 6.45) is 5.67. The second kappa shape index (κ2) is 9.94. The van der Waals surface area contributed by atoms with Crippen LogP contribution in [0.3, 0.4) is 0 Å². The van der Waals surface area contributed by atoms with E-state index in [4.69, 9.17) is 5.73 Å². The molecule has 4 rings (SSSR count). The average Bonchev–Trinajstić information content (AvgIpc) is 3.14. The van der Waals surface area contributed by atoms with Crippen molar-refractivity contribution in [2.45, 2.75) is 38.8 Å². The van der Waals surface area contributed by atoms with E-state index in [1.54, 1.807) is 23.0 Å². The largest absolute Gasteiger partial charge is 0.394 e. The first-order chi connectivity index (χ1) is 16.2. The van der Waals surface area contributed by atoms with Gasteiger partial charge in [0.05, 0.1) is 30.3 Å². The monoisotopic (exact) mass is 483 g/mol.